The number of carboxylic acid groups (broad SMARTS) is 1. The van der Waals surface area contributed by atoms with Gasteiger partial charge in [0.1, 0.15) is 17.3 Å². The lowest BCUT2D eigenvalue weighted by Crippen LogP contribution is -2.52. The van der Waals surface area contributed by atoms with Gasteiger partial charge in [-0.25, -0.2) is 14.5 Å². The van der Waals surface area contributed by atoms with Crippen molar-refractivity contribution >= 4 is 41.2 Å². The smallest absolute Gasteiger partial charge is 0.328 e. The lowest BCUT2D eigenvalue weighted by molar-refractivity contribution is -0.140. The summed E-state index contributed by atoms with van der Waals surface area (Å²) in [6.45, 7) is 6.57. The van der Waals surface area contributed by atoms with Crippen molar-refractivity contribution in [2.24, 2.45) is 5.92 Å². The number of carbonyl (C=O) groups excluding carboxylic acids is 4. The molecule has 1 aliphatic heterocycles. The Kier molecular flexibility index (Phi) is 8.74. The molecule has 12 heteroatoms. The predicted molar refractivity (Wildman–Crippen MR) is 155 cm³/mol. The van der Waals surface area contributed by atoms with Crippen LogP contribution in [0.15, 0.2) is 42.5 Å². The molecule has 12 nitrogen and oxygen atoms in total. The van der Waals surface area contributed by atoms with Crippen LogP contribution in [0.25, 0.3) is 0 Å². The van der Waals surface area contributed by atoms with E-state index < -0.39 is 47.5 Å². The van der Waals surface area contributed by atoms with Gasteiger partial charge in [-0.1, -0.05) is 37.1 Å². The van der Waals surface area contributed by atoms with E-state index in [1.54, 1.807) is 39.0 Å². The second kappa shape index (κ2) is 12.1. The molecule has 2 aromatic rings. The highest BCUT2D eigenvalue weighted by Crippen LogP contribution is 2.38. The van der Waals surface area contributed by atoms with E-state index in [0.29, 0.717) is 17.7 Å². The number of urea groups is 2. The van der Waals surface area contributed by atoms with Gasteiger partial charge in [0.15, 0.2) is 0 Å². The van der Waals surface area contributed by atoms with Crippen molar-refractivity contribution in [1.29, 1.82) is 0 Å². The van der Waals surface area contributed by atoms with Gasteiger partial charge in [0, 0.05) is 18.3 Å². The highest BCUT2D eigenvalue weighted by molar-refractivity contribution is 6.09. The van der Waals surface area contributed by atoms with Crippen LogP contribution in [0.4, 0.5) is 21.0 Å². The molecule has 0 radical (unpaired) electrons. The summed E-state index contributed by atoms with van der Waals surface area (Å²) in [5.41, 5.74) is 0.879. The van der Waals surface area contributed by atoms with Crippen molar-refractivity contribution < 1.29 is 34.2 Å². The molecular formula is C30H37N5O7. The number of nitrogens with one attached hydrogen (secondary N) is 3. The number of hydrogen-bond donors (Lipinski definition) is 5. The maximum Gasteiger partial charge on any atom is 0.328 e. The molecule has 1 aliphatic carbocycles. The van der Waals surface area contributed by atoms with Crippen LogP contribution in [0.1, 0.15) is 57.6 Å². The monoisotopic (exact) mass is 579 g/mol. The van der Waals surface area contributed by atoms with Gasteiger partial charge in [0.2, 0.25) is 5.91 Å². The first kappa shape index (κ1) is 30.4. The molecule has 2 aliphatic rings. The van der Waals surface area contributed by atoms with Crippen molar-refractivity contribution in [1.82, 2.24) is 15.1 Å². The summed E-state index contributed by atoms with van der Waals surface area (Å²) in [7, 11) is 0. The Morgan fingerprint density at radius 2 is 1.71 bits per heavy atom. The third-order valence-electron chi connectivity index (χ3n) is 7.64. The van der Waals surface area contributed by atoms with E-state index in [1.807, 2.05) is 19.1 Å². The largest absolute Gasteiger partial charge is 0.506 e. The van der Waals surface area contributed by atoms with E-state index in [2.05, 4.69) is 16.0 Å². The SMILES string of the molecule is Cc1ccccc1NC(=O)Nc1ccc(CN2C(=O)N(C(CC3CC3)C(=O)N[C@H](C)CC(=O)O)C(=O)C2(C)C)cc1O. The minimum absolute atomic E-state index is 0.0372. The first-order valence-electron chi connectivity index (χ1n) is 13.9. The average Bonchev–Trinajstić information content (AvgIpc) is 3.70. The molecule has 42 heavy (non-hydrogen) atoms. The van der Waals surface area contributed by atoms with Gasteiger partial charge in [0.25, 0.3) is 5.91 Å². The predicted octanol–water partition coefficient (Wildman–Crippen LogP) is 4.04. The second-order valence-electron chi connectivity index (χ2n) is 11.6. The molecule has 0 aromatic heterocycles. The zero-order valence-electron chi connectivity index (χ0n) is 24.1. The molecule has 0 bridgehead atoms. The fraction of sp³-hybridized carbons (Fsp3) is 0.433. The molecule has 0 spiro atoms. The van der Waals surface area contributed by atoms with Gasteiger partial charge >= 0.3 is 18.0 Å². The summed E-state index contributed by atoms with van der Waals surface area (Å²) >= 11 is 0. The molecule has 4 rings (SSSR count). The van der Waals surface area contributed by atoms with Crippen molar-refractivity contribution in [2.75, 3.05) is 10.6 Å². The number of nitrogens with zero attached hydrogens (tertiary/aromatic N) is 2. The first-order valence-corrected chi connectivity index (χ1v) is 13.9. The van der Waals surface area contributed by atoms with Crippen LogP contribution < -0.4 is 16.0 Å². The van der Waals surface area contributed by atoms with Gasteiger partial charge in [-0.05, 0) is 69.4 Å². The van der Waals surface area contributed by atoms with Gasteiger partial charge in [0.05, 0.1) is 12.1 Å². The average molecular weight is 580 g/mol. The molecule has 1 saturated heterocycles. The highest BCUT2D eigenvalue weighted by atomic mass is 16.4. The van der Waals surface area contributed by atoms with E-state index >= 15 is 0 Å². The highest BCUT2D eigenvalue weighted by Gasteiger charge is 2.55. The summed E-state index contributed by atoms with van der Waals surface area (Å²) in [5, 5.41) is 27.7. The van der Waals surface area contributed by atoms with Crippen LogP contribution in [0.5, 0.6) is 5.75 Å². The van der Waals surface area contributed by atoms with E-state index in [-0.39, 0.29) is 30.3 Å². The zero-order chi connectivity index (χ0) is 30.8. The van der Waals surface area contributed by atoms with Crippen LogP contribution >= 0.6 is 0 Å². The van der Waals surface area contributed by atoms with Gasteiger partial charge < -0.3 is 31.1 Å². The Morgan fingerprint density at radius 1 is 1.05 bits per heavy atom. The number of imide groups is 1. The molecule has 5 N–H and O–H groups in total. The van der Waals surface area contributed by atoms with Crippen molar-refractivity contribution in [3.05, 3.63) is 53.6 Å². The Morgan fingerprint density at radius 3 is 2.33 bits per heavy atom. The number of anilines is 2. The Bertz CT molecular complexity index is 1400. The zero-order valence-corrected chi connectivity index (χ0v) is 24.1. The maximum atomic E-state index is 13.7. The summed E-state index contributed by atoms with van der Waals surface area (Å²) in [6.07, 6.45) is 1.79. The van der Waals surface area contributed by atoms with Crippen molar-refractivity contribution in [3.8, 4) is 5.75 Å². The molecule has 2 aromatic carbocycles. The number of phenolic OH excluding ortho intramolecular Hbond substituents is 1. The van der Waals surface area contributed by atoms with E-state index in [0.717, 1.165) is 23.3 Å². The Labute approximate surface area is 244 Å². The summed E-state index contributed by atoms with van der Waals surface area (Å²) in [6, 6.07) is 8.87. The standard InChI is InChI=1S/C30H37N5O7/c1-17-7-5-6-8-21(17)32-28(41)33-22-12-11-20(15-24(22)36)16-34-29(42)35(27(40)30(34,3)4)23(14-19-9-10-19)26(39)31-18(2)13-25(37)38/h5-8,11-12,15,18-19,23,36H,9-10,13-14,16H2,1-4H3,(H,31,39)(H,37,38)(H2,32,33,41)/t18-,23?/m1/s1. The number of phenols is 1. The Balaban J connectivity index is 1.48. The number of rotatable bonds is 11. The number of amides is 6. The van der Waals surface area contributed by atoms with Crippen LogP contribution in [-0.4, -0.2) is 67.5 Å². The summed E-state index contributed by atoms with van der Waals surface area (Å²) in [5.74, 6) is -2.19. The summed E-state index contributed by atoms with van der Waals surface area (Å²) in [4.78, 5) is 66.3. The fourth-order valence-corrected chi connectivity index (χ4v) is 5.01. The molecule has 1 unspecified atom stereocenters. The molecule has 6 amide bonds. The minimum atomic E-state index is -1.29. The van der Waals surface area contributed by atoms with Crippen LogP contribution in [0.3, 0.4) is 0 Å². The minimum Gasteiger partial charge on any atom is -0.506 e. The third-order valence-corrected chi connectivity index (χ3v) is 7.64. The first-order chi connectivity index (χ1) is 19.8. The molecular weight excluding hydrogens is 542 g/mol. The number of aliphatic carboxylic acids is 1. The van der Waals surface area contributed by atoms with Crippen molar-refractivity contribution in [2.45, 2.75) is 77.5 Å². The number of aromatic hydroxyl groups is 1. The van der Waals surface area contributed by atoms with Gasteiger partial charge in [-0.15, -0.1) is 0 Å². The quantitative estimate of drug-likeness (QED) is 0.198. The van der Waals surface area contributed by atoms with Crippen LogP contribution in [-0.2, 0) is 20.9 Å². The molecule has 2 atom stereocenters. The molecule has 2 fully saturated rings. The second-order valence-corrected chi connectivity index (χ2v) is 11.6. The van der Waals surface area contributed by atoms with Crippen molar-refractivity contribution in [3.63, 3.8) is 0 Å². The van der Waals surface area contributed by atoms with Gasteiger partial charge in [-0.2, -0.15) is 0 Å². The third kappa shape index (κ3) is 6.81. The molecule has 224 valence electrons. The van der Waals surface area contributed by atoms with Crippen LogP contribution in [0.2, 0.25) is 0 Å². The number of carboxylic acids is 1. The summed E-state index contributed by atoms with van der Waals surface area (Å²) < 4.78 is 0. The van der Waals surface area contributed by atoms with Gasteiger partial charge in [-0.3, -0.25) is 14.4 Å². The maximum absolute atomic E-state index is 13.7. The number of aryl methyl sites for hydroxylation is 1. The van der Waals surface area contributed by atoms with Crippen LogP contribution in [0, 0.1) is 12.8 Å². The molecule has 1 saturated carbocycles. The van der Waals surface area contributed by atoms with E-state index in [4.69, 9.17) is 5.11 Å². The van der Waals surface area contributed by atoms with E-state index in [9.17, 15) is 29.1 Å². The number of benzene rings is 2. The fourth-order valence-electron chi connectivity index (χ4n) is 5.01. The topological polar surface area (TPSA) is 168 Å². The Hall–Kier alpha value is -4.61. The number of hydrogen-bond acceptors (Lipinski definition) is 6. The number of carbonyl (C=O) groups is 5. The molecule has 1 heterocycles. The van der Waals surface area contributed by atoms with E-state index in [1.165, 1.54) is 17.0 Å². The number of para-hydroxylation sites is 1. The lowest BCUT2D eigenvalue weighted by atomic mass is 10.0. The normalized spacial score (nSPS) is 17.5. The lowest BCUT2D eigenvalue weighted by Gasteiger charge is -2.28.